The number of rotatable bonds is 5. The molecule has 0 spiro atoms. The highest BCUT2D eigenvalue weighted by Crippen LogP contribution is 2.22. The van der Waals surface area contributed by atoms with Crippen LogP contribution in [0.3, 0.4) is 0 Å². The Hall–Kier alpha value is -0.570. The van der Waals surface area contributed by atoms with E-state index in [1.165, 1.54) is 5.56 Å². The molecule has 0 aliphatic heterocycles. The maximum absolute atomic E-state index is 5.86. The van der Waals surface area contributed by atoms with Crippen LogP contribution in [0, 0.1) is 5.92 Å². The van der Waals surface area contributed by atoms with Crippen molar-refractivity contribution in [3.63, 3.8) is 0 Å². The van der Waals surface area contributed by atoms with Crippen LogP contribution < -0.4 is 11.1 Å². The SMILES string of the molecule is CC(C)C(NCCN)c1ccc(Cl)cc1. The van der Waals surface area contributed by atoms with Crippen LogP contribution in [-0.4, -0.2) is 13.1 Å². The van der Waals surface area contributed by atoms with Crippen molar-refractivity contribution < 1.29 is 0 Å². The van der Waals surface area contributed by atoms with Crippen molar-refractivity contribution >= 4 is 11.6 Å². The summed E-state index contributed by atoms with van der Waals surface area (Å²) < 4.78 is 0. The van der Waals surface area contributed by atoms with Crippen LogP contribution in [0.2, 0.25) is 5.02 Å². The van der Waals surface area contributed by atoms with E-state index in [1.54, 1.807) is 0 Å². The summed E-state index contributed by atoms with van der Waals surface area (Å²) in [6.45, 7) is 5.90. The van der Waals surface area contributed by atoms with E-state index in [-0.39, 0.29) is 0 Å². The molecule has 0 fully saturated rings. The lowest BCUT2D eigenvalue weighted by molar-refractivity contribution is 0.417. The largest absolute Gasteiger partial charge is 0.329 e. The van der Waals surface area contributed by atoms with Gasteiger partial charge in [0.15, 0.2) is 0 Å². The molecule has 1 aromatic rings. The molecule has 0 radical (unpaired) electrons. The summed E-state index contributed by atoms with van der Waals surface area (Å²) >= 11 is 5.86. The molecule has 1 atom stereocenters. The summed E-state index contributed by atoms with van der Waals surface area (Å²) in [4.78, 5) is 0. The first kappa shape index (κ1) is 12.5. The van der Waals surface area contributed by atoms with Gasteiger partial charge in [-0.05, 0) is 23.6 Å². The molecule has 1 unspecified atom stereocenters. The quantitative estimate of drug-likeness (QED) is 0.810. The summed E-state index contributed by atoms with van der Waals surface area (Å²) in [7, 11) is 0. The molecular weight excluding hydrogens is 208 g/mol. The van der Waals surface area contributed by atoms with Gasteiger partial charge in [-0.25, -0.2) is 0 Å². The van der Waals surface area contributed by atoms with Gasteiger partial charge in [-0.15, -0.1) is 0 Å². The van der Waals surface area contributed by atoms with Gasteiger partial charge in [-0.1, -0.05) is 37.6 Å². The molecule has 0 saturated carbocycles. The third-order valence-corrected chi connectivity index (χ3v) is 2.66. The highest BCUT2D eigenvalue weighted by molar-refractivity contribution is 6.30. The van der Waals surface area contributed by atoms with Gasteiger partial charge in [0.1, 0.15) is 0 Å². The fraction of sp³-hybridized carbons (Fsp3) is 0.500. The van der Waals surface area contributed by atoms with E-state index < -0.39 is 0 Å². The molecule has 1 aromatic carbocycles. The van der Waals surface area contributed by atoms with Crippen LogP contribution in [0.15, 0.2) is 24.3 Å². The maximum atomic E-state index is 5.86. The molecule has 3 N–H and O–H groups in total. The van der Waals surface area contributed by atoms with E-state index in [9.17, 15) is 0 Å². The van der Waals surface area contributed by atoms with E-state index in [2.05, 4.69) is 31.3 Å². The second kappa shape index (κ2) is 6.11. The average molecular weight is 227 g/mol. The Bertz CT molecular complexity index is 282. The monoisotopic (exact) mass is 226 g/mol. The van der Waals surface area contributed by atoms with E-state index in [1.807, 2.05) is 12.1 Å². The average Bonchev–Trinajstić information content (AvgIpc) is 2.21. The number of halogens is 1. The van der Waals surface area contributed by atoms with Crippen LogP contribution in [0.5, 0.6) is 0 Å². The second-order valence-corrected chi connectivity index (χ2v) is 4.45. The van der Waals surface area contributed by atoms with Gasteiger partial charge in [0.05, 0.1) is 0 Å². The summed E-state index contributed by atoms with van der Waals surface area (Å²) in [6, 6.07) is 8.34. The Morgan fingerprint density at radius 3 is 2.33 bits per heavy atom. The minimum atomic E-state index is 0.353. The van der Waals surface area contributed by atoms with Gasteiger partial charge < -0.3 is 11.1 Å². The Morgan fingerprint density at radius 1 is 1.27 bits per heavy atom. The van der Waals surface area contributed by atoms with Crippen LogP contribution in [-0.2, 0) is 0 Å². The minimum Gasteiger partial charge on any atom is -0.329 e. The second-order valence-electron chi connectivity index (χ2n) is 4.02. The molecule has 1 rings (SSSR count). The van der Waals surface area contributed by atoms with Crippen molar-refractivity contribution in [1.82, 2.24) is 5.32 Å². The molecule has 2 nitrogen and oxygen atoms in total. The molecule has 0 amide bonds. The van der Waals surface area contributed by atoms with Gasteiger partial charge in [0, 0.05) is 24.2 Å². The molecule has 0 aliphatic rings. The van der Waals surface area contributed by atoms with Crippen LogP contribution in [0.1, 0.15) is 25.5 Å². The predicted octanol–water partition coefficient (Wildman–Crippen LogP) is 2.59. The molecule has 84 valence electrons. The Morgan fingerprint density at radius 2 is 1.87 bits per heavy atom. The van der Waals surface area contributed by atoms with Gasteiger partial charge in [-0.3, -0.25) is 0 Å². The predicted molar refractivity (Wildman–Crippen MR) is 66.1 cm³/mol. The lowest BCUT2D eigenvalue weighted by Crippen LogP contribution is -2.30. The third kappa shape index (κ3) is 3.82. The van der Waals surface area contributed by atoms with E-state index in [4.69, 9.17) is 17.3 Å². The first-order chi connectivity index (χ1) is 7.15. The highest BCUT2D eigenvalue weighted by atomic mass is 35.5. The maximum Gasteiger partial charge on any atom is 0.0406 e. The molecule has 15 heavy (non-hydrogen) atoms. The first-order valence-electron chi connectivity index (χ1n) is 5.34. The Labute approximate surface area is 96.8 Å². The summed E-state index contributed by atoms with van der Waals surface area (Å²) in [6.07, 6.45) is 0. The smallest absolute Gasteiger partial charge is 0.0406 e. The number of benzene rings is 1. The molecule has 0 bridgehead atoms. The summed E-state index contributed by atoms with van der Waals surface area (Å²) in [5.41, 5.74) is 6.76. The van der Waals surface area contributed by atoms with Crippen molar-refractivity contribution in [2.75, 3.05) is 13.1 Å². The Balaban J connectivity index is 2.74. The van der Waals surface area contributed by atoms with Gasteiger partial charge in [-0.2, -0.15) is 0 Å². The highest BCUT2D eigenvalue weighted by Gasteiger charge is 2.14. The van der Waals surface area contributed by atoms with E-state index in [0.717, 1.165) is 11.6 Å². The van der Waals surface area contributed by atoms with Crippen molar-refractivity contribution in [2.24, 2.45) is 11.7 Å². The van der Waals surface area contributed by atoms with Crippen molar-refractivity contribution in [2.45, 2.75) is 19.9 Å². The zero-order valence-corrected chi connectivity index (χ0v) is 10.1. The molecule has 0 saturated heterocycles. The number of hydrogen-bond acceptors (Lipinski definition) is 2. The molecular formula is C12H19ClN2. The minimum absolute atomic E-state index is 0.353. The van der Waals surface area contributed by atoms with E-state index in [0.29, 0.717) is 18.5 Å². The summed E-state index contributed by atoms with van der Waals surface area (Å²) in [5, 5.41) is 4.21. The fourth-order valence-electron chi connectivity index (χ4n) is 1.65. The molecule has 0 aromatic heterocycles. The van der Waals surface area contributed by atoms with Crippen molar-refractivity contribution in [1.29, 1.82) is 0 Å². The number of nitrogens with two attached hydrogens (primary N) is 1. The first-order valence-corrected chi connectivity index (χ1v) is 5.72. The van der Waals surface area contributed by atoms with Gasteiger partial charge in [0.2, 0.25) is 0 Å². The van der Waals surface area contributed by atoms with E-state index >= 15 is 0 Å². The van der Waals surface area contributed by atoms with Crippen molar-refractivity contribution in [3.8, 4) is 0 Å². The lowest BCUT2D eigenvalue weighted by atomic mass is 9.96. The Kier molecular flexibility index (Phi) is 5.09. The standard InChI is InChI=1S/C12H19ClN2/c1-9(2)12(15-8-7-14)10-3-5-11(13)6-4-10/h3-6,9,12,15H,7-8,14H2,1-2H3. The zero-order chi connectivity index (χ0) is 11.3. The van der Waals surface area contributed by atoms with Gasteiger partial charge in [0.25, 0.3) is 0 Å². The third-order valence-electron chi connectivity index (χ3n) is 2.40. The topological polar surface area (TPSA) is 38.0 Å². The number of nitrogens with one attached hydrogen (secondary N) is 1. The van der Waals surface area contributed by atoms with Gasteiger partial charge >= 0.3 is 0 Å². The van der Waals surface area contributed by atoms with Crippen LogP contribution in [0.25, 0.3) is 0 Å². The molecule has 0 heterocycles. The lowest BCUT2D eigenvalue weighted by Gasteiger charge is -2.22. The van der Waals surface area contributed by atoms with Crippen LogP contribution >= 0.6 is 11.6 Å². The fourth-order valence-corrected chi connectivity index (χ4v) is 1.77. The van der Waals surface area contributed by atoms with Crippen LogP contribution in [0.4, 0.5) is 0 Å². The summed E-state index contributed by atoms with van der Waals surface area (Å²) in [5.74, 6) is 0.540. The normalized spacial score (nSPS) is 13.1. The molecule has 0 aliphatic carbocycles. The number of hydrogen-bond donors (Lipinski definition) is 2. The zero-order valence-electron chi connectivity index (χ0n) is 9.33. The van der Waals surface area contributed by atoms with Crippen molar-refractivity contribution in [3.05, 3.63) is 34.9 Å². The molecule has 3 heteroatoms.